The van der Waals surface area contributed by atoms with E-state index in [1.807, 2.05) is 0 Å². The zero-order valence-corrected chi connectivity index (χ0v) is 32.5. The topological polar surface area (TPSA) is 200 Å². The number of carbonyl (C=O) groups is 6. The van der Waals surface area contributed by atoms with Gasteiger partial charge in [-0.1, -0.05) is 0 Å². The number of aromatic nitrogens is 2. The third kappa shape index (κ3) is 10.9. The van der Waals surface area contributed by atoms with E-state index in [9.17, 15) is 28.8 Å². The van der Waals surface area contributed by atoms with Crippen LogP contribution in [0.1, 0.15) is 54.2 Å². The number of rotatable bonds is 11. The number of hydrogen-bond acceptors (Lipinski definition) is 11. The van der Waals surface area contributed by atoms with Crippen LogP contribution in [0, 0.1) is 11.6 Å². The van der Waals surface area contributed by atoms with Crippen LogP contribution in [0.15, 0.2) is 48.9 Å². The fourth-order valence-corrected chi connectivity index (χ4v) is 5.87. The summed E-state index contributed by atoms with van der Waals surface area (Å²) in [7, 11) is 0. The maximum atomic E-state index is 15.5. The smallest absolute Gasteiger partial charge is 0.420 e. The molecule has 3 N–H and O–H groups in total. The van der Waals surface area contributed by atoms with Crippen molar-refractivity contribution in [2.75, 3.05) is 36.0 Å². The lowest BCUT2D eigenvalue weighted by Gasteiger charge is -2.24. The number of benzene rings is 2. The zero-order valence-electron chi connectivity index (χ0n) is 32.5. The van der Waals surface area contributed by atoms with Crippen LogP contribution in [0.25, 0.3) is 11.1 Å². The maximum Gasteiger partial charge on any atom is 0.420 e. The van der Waals surface area contributed by atoms with Crippen LogP contribution in [0.4, 0.5) is 39.3 Å². The average Bonchev–Trinajstić information content (AvgIpc) is 3.82. The molecule has 1 aromatic heterocycles. The van der Waals surface area contributed by atoms with Crippen LogP contribution >= 0.6 is 0 Å². The van der Waals surface area contributed by atoms with Crippen molar-refractivity contribution in [1.82, 2.24) is 25.5 Å². The molecule has 2 aromatic carbocycles. The first-order chi connectivity index (χ1) is 26.7. The lowest BCUT2D eigenvalue weighted by molar-refractivity contribution is -0.123. The molecule has 19 heteroatoms. The Kier molecular flexibility index (Phi) is 12.4. The molecule has 0 spiro atoms. The first kappa shape index (κ1) is 41.9. The molecule has 57 heavy (non-hydrogen) atoms. The zero-order chi connectivity index (χ0) is 41.8. The van der Waals surface area contributed by atoms with Crippen LogP contribution in [-0.4, -0.2) is 101 Å². The van der Waals surface area contributed by atoms with Crippen LogP contribution < -0.4 is 25.8 Å². The fourth-order valence-electron chi connectivity index (χ4n) is 5.87. The second-order valence-corrected chi connectivity index (χ2v) is 15.4. The summed E-state index contributed by atoms with van der Waals surface area (Å²) in [5.41, 5.74) is -1.36. The van der Waals surface area contributed by atoms with Gasteiger partial charge in [-0.3, -0.25) is 19.4 Å². The molecule has 0 aliphatic carbocycles. The SMILES string of the molecule is CC(=O)NC[C@H]1CN(c2ccc(-c3ccc(N4C[C@H](CNC(=O)[C@H](Cc5cncn5C(=O)OC(C)(C)C)NC(=O)OC(C)(C)C)OC4=O)cc3F)c(F)c2)C(=O)O1. The second-order valence-electron chi connectivity index (χ2n) is 15.4. The van der Waals surface area contributed by atoms with E-state index >= 15 is 8.78 Å². The summed E-state index contributed by atoms with van der Waals surface area (Å²) in [5, 5.41) is 7.73. The molecule has 3 atom stereocenters. The highest BCUT2D eigenvalue weighted by Crippen LogP contribution is 2.33. The number of cyclic esters (lactones) is 2. The van der Waals surface area contributed by atoms with Crippen molar-refractivity contribution in [2.45, 2.75) is 84.3 Å². The normalized spacial score (nSPS) is 17.4. The number of imidazole rings is 1. The minimum atomic E-state index is -1.27. The Morgan fingerprint density at radius 2 is 1.33 bits per heavy atom. The monoisotopic (exact) mass is 797 g/mol. The molecule has 17 nitrogen and oxygen atoms in total. The Labute approximate surface area is 326 Å². The van der Waals surface area contributed by atoms with Gasteiger partial charge in [0.15, 0.2) is 0 Å². The highest BCUT2D eigenvalue weighted by molar-refractivity contribution is 5.92. The van der Waals surface area contributed by atoms with Gasteiger partial charge in [-0.25, -0.2) is 37.5 Å². The van der Waals surface area contributed by atoms with E-state index in [0.29, 0.717) is 0 Å². The number of alkyl carbamates (subject to hydrolysis) is 1. The molecular weight excluding hydrogens is 752 g/mol. The van der Waals surface area contributed by atoms with Crippen molar-refractivity contribution in [2.24, 2.45) is 0 Å². The lowest BCUT2D eigenvalue weighted by Crippen LogP contribution is -2.51. The van der Waals surface area contributed by atoms with Gasteiger partial charge in [-0.2, -0.15) is 0 Å². The summed E-state index contributed by atoms with van der Waals surface area (Å²) in [6.45, 7) is 11.2. The Bertz CT molecular complexity index is 2040. The Morgan fingerprint density at radius 1 is 0.825 bits per heavy atom. The molecule has 2 fully saturated rings. The van der Waals surface area contributed by atoms with Crippen molar-refractivity contribution >= 4 is 47.6 Å². The van der Waals surface area contributed by atoms with Crippen molar-refractivity contribution in [1.29, 1.82) is 0 Å². The molecular formula is C38H45F2N7O10. The number of carbonyl (C=O) groups excluding carboxylic acids is 6. The predicted octanol–water partition coefficient (Wildman–Crippen LogP) is 4.65. The minimum Gasteiger partial charge on any atom is -0.444 e. The summed E-state index contributed by atoms with van der Waals surface area (Å²) in [5.74, 6) is -2.65. The summed E-state index contributed by atoms with van der Waals surface area (Å²) in [6, 6.07) is 6.32. The van der Waals surface area contributed by atoms with Crippen LogP contribution in [0.5, 0.6) is 0 Å². The molecule has 3 heterocycles. The molecule has 2 saturated heterocycles. The fraction of sp³-hybridized carbons (Fsp3) is 0.447. The number of anilines is 2. The lowest BCUT2D eigenvalue weighted by atomic mass is 10.0. The number of ether oxygens (including phenoxy) is 4. The van der Waals surface area contributed by atoms with E-state index in [1.54, 1.807) is 41.5 Å². The van der Waals surface area contributed by atoms with Gasteiger partial charge in [0.25, 0.3) is 0 Å². The number of hydrogen-bond donors (Lipinski definition) is 3. The van der Waals surface area contributed by atoms with Gasteiger partial charge in [0, 0.05) is 30.7 Å². The minimum absolute atomic E-state index is 0.0728. The van der Waals surface area contributed by atoms with Crippen LogP contribution in [0.2, 0.25) is 0 Å². The number of amides is 5. The van der Waals surface area contributed by atoms with Crippen molar-refractivity contribution < 1.29 is 56.5 Å². The first-order valence-corrected chi connectivity index (χ1v) is 18.0. The standard InChI is InChI=1S/C38H45F2N7O10/c1-21(48)42-16-25-18-45(34(51)54-25)22-8-10-27(29(39)12-22)28-11-9-23(13-30(28)40)46-19-26(55-35(46)52)17-43-32(49)31(44-33(50)56-37(2,3)4)14-24-15-41-20-47(24)36(53)57-38(5,6)7/h8-13,15,20,25-26,31H,14,16-19H2,1-7H3,(H,42,48)(H,43,49)(H,44,50)/t25-,26-,31-/m0/s1. The van der Waals surface area contributed by atoms with Crippen LogP contribution in [-0.2, 0) is 35.0 Å². The largest absolute Gasteiger partial charge is 0.444 e. The van der Waals surface area contributed by atoms with Gasteiger partial charge in [-0.15, -0.1) is 0 Å². The van der Waals surface area contributed by atoms with Gasteiger partial charge < -0.3 is 34.9 Å². The summed E-state index contributed by atoms with van der Waals surface area (Å²) < 4.78 is 53.4. The molecule has 3 aromatic rings. The molecule has 5 amide bonds. The summed E-state index contributed by atoms with van der Waals surface area (Å²) >= 11 is 0. The van der Waals surface area contributed by atoms with Gasteiger partial charge in [0.2, 0.25) is 11.8 Å². The number of nitrogens with zero attached hydrogens (tertiary/aromatic N) is 4. The Balaban J connectivity index is 1.23. The van der Waals surface area contributed by atoms with E-state index in [2.05, 4.69) is 20.9 Å². The Morgan fingerprint density at radius 3 is 1.81 bits per heavy atom. The molecule has 0 unspecified atom stereocenters. The van der Waals surface area contributed by atoms with E-state index in [0.717, 1.165) is 21.6 Å². The molecule has 2 aliphatic heterocycles. The third-order valence-electron chi connectivity index (χ3n) is 8.38. The van der Waals surface area contributed by atoms with Gasteiger partial charge in [0.05, 0.1) is 43.2 Å². The van der Waals surface area contributed by atoms with Gasteiger partial charge in [-0.05, 0) is 77.9 Å². The molecule has 306 valence electrons. The van der Waals surface area contributed by atoms with Gasteiger partial charge in [0.1, 0.15) is 47.4 Å². The third-order valence-corrected chi connectivity index (χ3v) is 8.38. The van der Waals surface area contributed by atoms with E-state index < -0.39 is 71.4 Å². The van der Waals surface area contributed by atoms with Crippen molar-refractivity contribution in [3.63, 3.8) is 0 Å². The average molecular weight is 798 g/mol. The van der Waals surface area contributed by atoms with Gasteiger partial charge >= 0.3 is 24.4 Å². The van der Waals surface area contributed by atoms with Crippen molar-refractivity contribution in [3.8, 4) is 11.1 Å². The quantitative estimate of drug-likeness (QED) is 0.228. The molecule has 0 radical (unpaired) electrons. The number of nitrogens with one attached hydrogen (secondary N) is 3. The number of halogens is 2. The molecule has 5 rings (SSSR count). The van der Waals surface area contributed by atoms with Crippen molar-refractivity contribution in [3.05, 3.63) is 66.3 Å². The van der Waals surface area contributed by atoms with E-state index in [-0.39, 0.29) is 66.7 Å². The van der Waals surface area contributed by atoms with Crippen LogP contribution in [0.3, 0.4) is 0 Å². The Hall–Kier alpha value is -6.27. The summed E-state index contributed by atoms with van der Waals surface area (Å²) in [4.78, 5) is 81.8. The maximum absolute atomic E-state index is 15.5. The molecule has 0 saturated carbocycles. The molecule has 0 bridgehead atoms. The molecule has 2 aliphatic rings. The summed E-state index contributed by atoms with van der Waals surface area (Å²) in [6.07, 6.45) is -2.31. The predicted molar refractivity (Wildman–Crippen MR) is 199 cm³/mol. The van der Waals surface area contributed by atoms with E-state index in [4.69, 9.17) is 18.9 Å². The second kappa shape index (κ2) is 16.8. The van der Waals surface area contributed by atoms with E-state index in [1.165, 1.54) is 48.6 Å². The highest BCUT2D eigenvalue weighted by atomic mass is 19.1. The first-order valence-electron chi connectivity index (χ1n) is 18.0. The highest BCUT2D eigenvalue weighted by Gasteiger charge is 2.36.